The Kier molecular flexibility index (Phi) is 5.09. The Labute approximate surface area is 153 Å². The van der Waals surface area contributed by atoms with Crippen molar-refractivity contribution in [1.82, 2.24) is 4.98 Å². The molecule has 3 aromatic rings. The van der Waals surface area contributed by atoms with Crippen LogP contribution in [0, 0.1) is 11.3 Å². The Hall–Kier alpha value is -2.42. The average Bonchev–Trinajstić information content (AvgIpc) is 3.10. The molecule has 0 aliphatic rings. The number of thiazole rings is 1. The van der Waals surface area contributed by atoms with Crippen molar-refractivity contribution in [3.8, 4) is 23.1 Å². The van der Waals surface area contributed by atoms with Gasteiger partial charge in [0.2, 0.25) is 0 Å². The minimum atomic E-state index is 0.513. The van der Waals surface area contributed by atoms with Gasteiger partial charge in [0.25, 0.3) is 0 Å². The standard InChI is InChI=1S/C19H13BrN2OS/c1-23-18-8-7-16(20)10-14(18)9-15(11-21)19-22-17(12-24-19)13-5-3-2-4-6-13/h2-10,12H,1H3/b15-9-. The first-order chi connectivity index (χ1) is 11.7. The summed E-state index contributed by atoms with van der Waals surface area (Å²) in [5, 5.41) is 12.2. The highest BCUT2D eigenvalue weighted by Crippen LogP contribution is 2.30. The van der Waals surface area contributed by atoms with E-state index in [-0.39, 0.29) is 0 Å². The predicted molar refractivity (Wildman–Crippen MR) is 102 cm³/mol. The summed E-state index contributed by atoms with van der Waals surface area (Å²) < 4.78 is 6.29. The molecule has 0 radical (unpaired) electrons. The monoisotopic (exact) mass is 396 g/mol. The first kappa shape index (κ1) is 16.4. The number of benzene rings is 2. The lowest BCUT2D eigenvalue weighted by atomic mass is 10.1. The number of allylic oxidation sites excluding steroid dienone is 1. The lowest BCUT2D eigenvalue weighted by Crippen LogP contribution is -1.88. The topological polar surface area (TPSA) is 45.9 Å². The van der Waals surface area contributed by atoms with Crippen LogP contribution in [0.4, 0.5) is 0 Å². The normalized spacial score (nSPS) is 11.1. The number of hydrogen-bond acceptors (Lipinski definition) is 4. The van der Waals surface area contributed by atoms with Crippen LogP contribution in [0.2, 0.25) is 0 Å². The summed E-state index contributed by atoms with van der Waals surface area (Å²) >= 11 is 4.91. The van der Waals surface area contributed by atoms with E-state index in [2.05, 4.69) is 27.0 Å². The summed E-state index contributed by atoms with van der Waals surface area (Å²) in [6.45, 7) is 0. The van der Waals surface area contributed by atoms with Crippen LogP contribution in [0.3, 0.4) is 0 Å². The zero-order valence-corrected chi connectivity index (χ0v) is 15.3. The summed E-state index contributed by atoms with van der Waals surface area (Å²) in [5.41, 5.74) is 3.26. The van der Waals surface area contributed by atoms with E-state index in [0.717, 1.165) is 21.3 Å². The number of rotatable bonds is 4. The van der Waals surface area contributed by atoms with Crippen LogP contribution in [0.5, 0.6) is 5.75 Å². The SMILES string of the molecule is COc1ccc(Br)cc1/C=C(/C#N)c1nc(-c2ccccc2)cs1. The minimum absolute atomic E-state index is 0.513. The Balaban J connectivity index is 2.00. The van der Waals surface area contributed by atoms with E-state index in [1.54, 1.807) is 13.2 Å². The zero-order chi connectivity index (χ0) is 16.9. The molecule has 0 fully saturated rings. The van der Waals surface area contributed by atoms with Gasteiger partial charge in [-0.3, -0.25) is 0 Å². The van der Waals surface area contributed by atoms with Gasteiger partial charge in [-0.25, -0.2) is 4.98 Å². The second-order valence-corrected chi connectivity index (χ2v) is 6.73. The minimum Gasteiger partial charge on any atom is -0.496 e. The van der Waals surface area contributed by atoms with E-state index in [1.807, 2.05) is 53.9 Å². The van der Waals surface area contributed by atoms with E-state index < -0.39 is 0 Å². The summed E-state index contributed by atoms with van der Waals surface area (Å²) in [7, 11) is 1.61. The maximum atomic E-state index is 9.55. The van der Waals surface area contributed by atoms with Gasteiger partial charge < -0.3 is 4.74 Å². The summed E-state index contributed by atoms with van der Waals surface area (Å²) in [4.78, 5) is 4.60. The highest BCUT2D eigenvalue weighted by atomic mass is 79.9. The van der Waals surface area contributed by atoms with Crippen LogP contribution < -0.4 is 4.74 Å². The van der Waals surface area contributed by atoms with Gasteiger partial charge in [0.15, 0.2) is 0 Å². The predicted octanol–water partition coefficient (Wildman–Crippen LogP) is 5.65. The maximum Gasteiger partial charge on any atom is 0.134 e. The molecule has 0 aliphatic heterocycles. The van der Waals surface area contributed by atoms with Gasteiger partial charge in [-0.05, 0) is 24.3 Å². The largest absolute Gasteiger partial charge is 0.496 e. The molecular formula is C19H13BrN2OS. The Morgan fingerprint density at radius 2 is 2.04 bits per heavy atom. The van der Waals surface area contributed by atoms with Gasteiger partial charge in [-0.15, -0.1) is 11.3 Å². The van der Waals surface area contributed by atoms with Gasteiger partial charge in [0.1, 0.15) is 16.8 Å². The van der Waals surface area contributed by atoms with E-state index in [1.165, 1.54) is 11.3 Å². The molecule has 0 saturated carbocycles. The molecule has 24 heavy (non-hydrogen) atoms. The van der Waals surface area contributed by atoms with Crippen LogP contribution >= 0.6 is 27.3 Å². The molecule has 3 nitrogen and oxygen atoms in total. The average molecular weight is 397 g/mol. The molecule has 0 unspecified atom stereocenters. The molecule has 1 aromatic heterocycles. The quantitative estimate of drug-likeness (QED) is 0.535. The van der Waals surface area contributed by atoms with Crippen LogP contribution in [-0.4, -0.2) is 12.1 Å². The third-order valence-electron chi connectivity index (χ3n) is 3.42. The van der Waals surface area contributed by atoms with Gasteiger partial charge >= 0.3 is 0 Å². The van der Waals surface area contributed by atoms with E-state index in [4.69, 9.17) is 4.74 Å². The van der Waals surface area contributed by atoms with E-state index in [9.17, 15) is 5.26 Å². The number of methoxy groups -OCH3 is 1. The molecule has 0 N–H and O–H groups in total. The van der Waals surface area contributed by atoms with Crippen LogP contribution in [0.15, 0.2) is 58.4 Å². The smallest absolute Gasteiger partial charge is 0.134 e. The van der Waals surface area contributed by atoms with Crippen molar-refractivity contribution in [2.24, 2.45) is 0 Å². The fourth-order valence-electron chi connectivity index (χ4n) is 2.25. The van der Waals surface area contributed by atoms with Crippen molar-refractivity contribution >= 4 is 38.9 Å². The fourth-order valence-corrected chi connectivity index (χ4v) is 3.43. The van der Waals surface area contributed by atoms with E-state index in [0.29, 0.717) is 16.3 Å². The number of aromatic nitrogens is 1. The van der Waals surface area contributed by atoms with Crippen LogP contribution in [0.1, 0.15) is 10.6 Å². The molecule has 118 valence electrons. The van der Waals surface area contributed by atoms with Crippen molar-refractivity contribution in [3.05, 3.63) is 69.0 Å². The number of hydrogen-bond donors (Lipinski definition) is 0. The number of ether oxygens (including phenoxy) is 1. The molecule has 0 bridgehead atoms. The third-order valence-corrected chi connectivity index (χ3v) is 4.79. The Bertz CT molecular complexity index is 926. The van der Waals surface area contributed by atoms with E-state index >= 15 is 0 Å². The number of nitrogens with zero attached hydrogens (tertiary/aromatic N) is 2. The second-order valence-electron chi connectivity index (χ2n) is 4.96. The molecule has 0 amide bonds. The molecule has 0 aliphatic carbocycles. The third kappa shape index (κ3) is 3.56. The van der Waals surface area contributed by atoms with Crippen LogP contribution in [-0.2, 0) is 0 Å². The molecule has 3 rings (SSSR count). The van der Waals surface area contributed by atoms with Crippen molar-refractivity contribution in [3.63, 3.8) is 0 Å². The molecule has 0 atom stereocenters. The number of nitriles is 1. The highest BCUT2D eigenvalue weighted by molar-refractivity contribution is 9.10. The van der Waals surface area contributed by atoms with Crippen molar-refractivity contribution in [2.75, 3.05) is 7.11 Å². The first-order valence-corrected chi connectivity index (χ1v) is 8.85. The molecular weight excluding hydrogens is 384 g/mol. The molecule has 0 spiro atoms. The molecule has 0 saturated heterocycles. The fraction of sp³-hybridized carbons (Fsp3) is 0.0526. The van der Waals surface area contributed by atoms with Gasteiger partial charge in [-0.2, -0.15) is 5.26 Å². The Morgan fingerprint density at radius 1 is 1.25 bits per heavy atom. The maximum absolute atomic E-state index is 9.55. The van der Waals surface area contributed by atoms with Gasteiger partial charge in [0.05, 0.1) is 18.4 Å². The number of halogens is 1. The van der Waals surface area contributed by atoms with Crippen molar-refractivity contribution < 1.29 is 4.74 Å². The Morgan fingerprint density at radius 3 is 2.75 bits per heavy atom. The molecule has 5 heteroatoms. The lowest BCUT2D eigenvalue weighted by Gasteiger charge is -2.05. The summed E-state index contributed by atoms with van der Waals surface area (Å²) in [6.07, 6.45) is 1.80. The highest BCUT2D eigenvalue weighted by Gasteiger charge is 2.10. The summed E-state index contributed by atoms with van der Waals surface area (Å²) in [6, 6.07) is 17.9. The first-order valence-electron chi connectivity index (χ1n) is 7.18. The van der Waals surface area contributed by atoms with Crippen molar-refractivity contribution in [1.29, 1.82) is 5.26 Å². The lowest BCUT2D eigenvalue weighted by molar-refractivity contribution is 0.414. The zero-order valence-electron chi connectivity index (χ0n) is 12.9. The summed E-state index contributed by atoms with van der Waals surface area (Å²) in [5.74, 6) is 0.714. The van der Waals surface area contributed by atoms with Gasteiger partial charge in [0, 0.05) is 21.0 Å². The second kappa shape index (κ2) is 7.43. The van der Waals surface area contributed by atoms with Crippen molar-refractivity contribution in [2.45, 2.75) is 0 Å². The molecule has 2 aromatic carbocycles. The van der Waals surface area contributed by atoms with Gasteiger partial charge in [-0.1, -0.05) is 46.3 Å². The molecule has 1 heterocycles. The van der Waals surface area contributed by atoms with Crippen LogP contribution in [0.25, 0.3) is 22.9 Å².